The van der Waals surface area contributed by atoms with E-state index in [0.29, 0.717) is 41.1 Å². The van der Waals surface area contributed by atoms with Crippen molar-refractivity contribution in [1.82, 2.24) is 10.9 Å². The lowest BCUT2D eigenvalue weighted by molar-refractivity contribution is 0.0846. The maximum Gasteiger partial charge on any atom is 0.269 e. The standard InChI is InChI=1S/C22H28N2O6/c1-14(2)9-10-30-17-8-6-7-15(11-17)21(25)23-24-22(26)16-12-18(27-3)20(29-5)19(13-16)28-4/h6-8,11-14H,9-10H2,1-5H3,(H,23,25)(H,24,26). The van der Waals surface area contributed by atoms with E-state index < -0.39 is 11.8 Å². The number of nitrogens with one attached hydrogen (secondary N) is 2. The molecule has 2 aromatic carbocycles. The third kappa shape index (κ3) is 6.04. The van der Waals surface area contributed by atoms with Crippen LogP contribution in [-0.4, -0.2) is 39.8 Å². The van der Waals surface area contributed by atoms with Crippen molar-refractivity contribution in [3.8, 4) is 23.0 Å². The number of hydrazine groups is 1. The molecule has 0 unspecified atom stereocenters. The predicted octanol–water partition coefficient (Wildman–Crippen LogP) is 3.21. The summed E-state index contributed by atoms with van der Waals surface area (Å²) < 4.78 is 21.4. The third-order valence-corrected chi connectivity index (χ3v) is 4.28. The van der Waals surface area contributed by atoms with Gasteiger partial charge < -0.3 is 18.9 Å². The number of methoxy groups -OCH3 is 3. The lowest BCUT2D eigenvalue weighted by Gasteiger charge is -2.14. The zero-order valence-electron chi connectivity index (χ0n) is 17.9. The normalized spacial score (nSPS) is 10.3. The summed E-state index contributed by atoms with van der Waals surface area (Å²) in [4.78, 5) is 24.9. The second-order valence-electron chi connectivity index (χ2n) is 6.88. The molecule has 30 heavy (non-hydrogen) atoms. The van der Waals surface area contributed by atoms with Gasteiger partial charge in [0.25, 0.3) is 11.8 Å². The summed E-state index contributed by atoms with van der Waals surface area (Å²) in [5, 5.41) is 0. The Morgan fingerprint density at radius 1 is 0.867 bits per heavy atom. The molecule has 0 heterocycles. The number of hydrogen-bond donors (Lipinski definition) is 2. The molecule has 2 aromatic rings. The van der Waals surface area contributed by atoms with Crippen molar-refractivity contribution >= 4 is 11.8 Å². The molecule has 0 aromatic heterocycles. The molecule has 0 aliphatic heterocycles. The first-order valence-corrected chi connectivity index (χ1v) is 9.53. The van der Waals surface area contributed by atoms with Crippen LogP contribution in [0.15, 0.2) is 36.4 Å². The van der Waals surface area contributed by atoms with Crippen LogP contribution < -0.4 is 29.8 Å². The van der Waals surface area contributed by atoms with Crippen LogP contribution in [0.1, 0.15) is 41.0 Å². The van der Waals surface area contributed by atoms with E-state index in [1.165, 1.54) is 33.5 Å². The van der Waals surface area contributed by atoms with E-state index in [-0.39, 0.29) is 5.56 Å². The van der Waals surface area contributed by atoms with Gasteiger partial charge >= 0.3 is 0 Å². The number of rotatable bonds is 9. The van der Waals surface area contributed by atoms with Crippen LogP contribution in [0.2, 0.25) is 0 Å². The van der Waals surface area contributed by atoms with Crippen molar-refractivity contribution in [2.75, 3.05) is 27.9 Å². The van der Waals surface area contributed by atoms with Gasteiger partial charge in [-0.25, -0.2) is 0 Å². The van der Waals surface area contributed by atoms with Gasteiger partial charge in [0.2, 0.25) is 5.75 Å². The molecule has 0 bridgehead atoms. The maximum atomic E-state index is 12.5. The summed E-state index contributed by atoms with van der Waals surface area (Å²) in [5.41, 5.74) is 5.37. The van der Waals surface area contributed by atoms with Crippen molar-refractivity contribution in [2.45, 2.75) is 20.3 Å². The molecule has 2 amide bonds. The highest BCUT2D eigenvalue weighted by Gasteiger charge is 2.17. The molecule has 8 nitrogen and oxygen atoms in total. The summed E-state index contributed by atoms with van der Waals surface area (Å²) in [7, 11) is 4.38. The van der Waals surface area contributed by atoms with Crippen molar-refractivity contribution < 1.29 is 28.5 Å². The Kier molecular flexibility index (Phi) is 8.34. The molecule has 2 rings (SSSR count). The van der Waals surface area contributed by atoms with Crippen molar-refractivity contribution in [1.29, 1.82) is 0 Å². The second kappa shape index (κ2) is 10.9. The Hall–Kier alpha value is -3.42. The SMILES string of the molecule is COc1cc(C(=O)NNC(=O)c2cccc(OCCC(C)C)c2)cc(OC)c1OC. The fourth-order valence-electron chi connectivity index (χ4n) is 2.61. The minimum Gasteiger partial charge on any atom is -0.494 e. The maximum absolute atomic E-state index is 12.5. The molecule has 2 N–H and O–H groups in total. The molecular weight excluding hydrogens is 388 g/mol. The largest absolute Gasteiger partial charge is 0.494 e. The highest BCUT2D eigenvalue weighted by Crippen LogP contribution is 2.38. The summed E-state index contributed by atoms with van der Waals surface area (Å²) in [6, 6.07) is 9.75. The van der Waals surface area contributed by atoms with Crippen LogP contribution in [0.3, 0.4) is 0 Å². The molecule has 8 heteroatoms. The van der Waals surface area contributed by atoms with Gasteiger partial charge in [-0.3, -0.25) is 20.4 Å². The molecule has 162 valence electrons. The number of amides is 2. The summed E-state index contributed by atoms with van der Waals surface area (Å²) in [6.07, 6.45) is 0.918. The molecule has 0 saturated carbocycles. The Morgan fingerprint density at radius 2 is 1.47 bits per heavy atom. The zero-order chi connectivity index (χ0) is 22.1. The van der Waals surface area contributed by atoms with Crippen LogP contribution in [0.25, 0.3) is 0 Å². The first-order valence-electron chi connectivity index (χ1n) is 9.53. The predicted molar refractivity (Wildman–Crippen MR) is 112 cm³/mol. The molecule has 0 radical (unpaired) electrons. The Balaban J connectivity index is 2.03. The molecular formula is C22H28N2O6. The smallest absolute Gasteiger partial charge is 0.269 e. The van der Waals surface area contributed by atoms with Gasteiger partial charge in [0.05, 0.1) is 27.9 Å². The first kappa shape index (κ1) is 22.9. The Morgan fingerprint density at radius 3 is 2.00 bits per heavy atom. The van der Waals surface area contributed by atoms with Gasteiger partial charge in [-0.2, -0.15) is 0 Å². The van der Waals surface area contributed by atoms with E-state index in [1.807, 2.05) is 0 Å². The fourth-order valence-corrected chi connectivity index (χ4v) is 2.61. The number of ether oxygens (including phenoxy) is 4. The first-order chi connectivity index (χ1) is 14.4. The highest BCUT2D eigenvalue weighted by molar-refractivity contribution is 5.99. The average Bonchev–Trinajstić information content (AvgIpc) is 2.75. The molecule has 0 saturated heterocycles. The van der Waals surface area contributed by atoms with Gasteiger partial charge in [-0.1, -0.05) is 19.9 Å². The number of carbonyl (C=O) groups is 2. The fraction of sp³-hybridized carbons (Fsp3) is 0.364. The summed E-state index contributed by atoms with van der Waals surface area (Å²) >= 11 is 0. The molecule has 0 aliphatic rings. The summed E-state index contributed by atoms with van der Waals surface area (Å²) in [5.74, 6) is 1.16. The van der Waals surface area contributed by atoms with Crippen LogP contribution in [0.5, 0.6) is 23.0 Å². The van der Waals surface area contributed by atoms with E-state index in [0.717, 1.165) is 6.42 Å². The average molecular weight is 416 g/mol. The van der Waals surface area contributed by atoms with Crippen molar-refractivity contribution in [2.24, 2.45) is 5.92 Å². The van der Waals surface area contributed by atoms with E-state index in [2.05, 4.69) is 24.7 Å². The van der Waals surface area contributed by atoms with E-state index in [4.69, 9.17) is 18.9 Å². The minimum absolute atomic E-state index is 0.232. The molecule has 0 atom stereocenters. The monoisotopic (exact) mass is 416 g/mol. The van der Waals surface area contributed by atoms with E-state index in [1.54, 1.807) is 24.3 Å². The van der Waals surface area contributed by atoms with Crippen LogP contribution in [0, 0.1) is 5.92 Å². The summed E-state index contributed by atoms with van der Waals surface area (Å²) in [6.45, 7) is 4.80. The number of carbonyl (C=O) groups excluding carboxylic acids is 2. The Labute approximate surface area is 176 Å². The topological polar surface area (TPSA) is 95.1 Å². The molecule has 0 aliphatic carbocycles. The Bertz CT molecular complexity index is 857. The number of benzene rings is 2. The molecule has 0 fully saturated rings. The second-order valence-corrected chi connectivity index (χ2v) is 6.88. The zero-order valence-corrected chi connectivity index (χ0v) is 17.9. The lowest BCUT2D eigenvalue weighted by atomic mass is 10.1. The third-order valence-electron chi connectivity index (χ3n) is 4.28. The quantitative estimate of drug-likeness (QED) is 0.610. The van der Waals surface area contributed by atoms with Gasteiger partial charge in [0, 0.05) is 11.1 Å². The van der Waals surface area contributed by atoms with Gasteiger partial charge in [-0.15, -0.1) is 0 Å². The van der Waals surface area contributed by atoms with E-state index in [9.17, 15) is 9.59 Å². The van der Waals surface area contributed by atoms with Crippen molar-refractivity contribution in [3.05, 3.63) is 47.5 Å². The van der Waals surface area contributed by atoms with Gasteiger partial charge in [0.1, 0.15) is 5.75 Å². The van der Waals surface area contributed by atoms with Crippen LogP contribution in [0.4, 0.5) is 0 Å². The number of hydrogen-bond acceptors (Lipinski definition) is 6. The minimum atomic E-state index is -0.535. The lowest BCUT2D eigenvalue weighted by Crippen LogP contribution is -2.41. The molecule has 0 spiro atoms. The van der Waals surface area contributed by atoms with Crippen LogP contribution >= 0.6 is 0 Å². The van der Waals surface area contributed by atoms with Crippen LogP contribution in [-0.2, 0) is 0 Å². The van der Waals surface area contributed by atoms with Gasteiger partial charge in [-0.05, 0) is 42.7 Å². The van der Waals surface area contributed by atoms with Crippen molar-refractivity contribution in [3.63, 3.8) is 0 Å². The van der Waals surface area contributed by atoms with Gasteiger partial charge in [0.15, 0.2) is 11.5 Å². The van der Waals surface area contributed by atoms with E-state index >= 15 is 0 Å². The highest BCUT2D eigenvalue weighted by atomic mass is 16.5.